The molecule has 32 heavy (non-hydrogen) atoms. The molecular weight excluding hydrogens is 428 g/mol. The topological polar surface area (TPSA) is 97.4 Å². The molecule has 2 aromatic heterocycles. The van der Waals surface area contributed by atoms with E-state index in [1.807, 2.05) is 36.5 Å². The van der Waals surface area contributed by atoms with E-state index in [2.05, 4.69) is 16.8 Å². The predicted molar refractivity (Wildman–Crippen MR) is 124 cm³/mol. The third-order valence-corrected chi connectivity index (χ3v) is 8.72. The van der Waals surface area contributed by atoms with Crippen LogP contribution in [-0.4, -0.2) is 68.6 Å². The second kappa shape index (κ2) is 8.13. The minimum Gasteiger partial charge on any atom is -0.381 e. The Kier molecular flexibility index (Phi) is 5.43. The standard InChI is InChI=1S/C23H28N4O4S/c1-16-15-31-13-10-27(16)21-14-20(23(32(2,28)29)7-11-30-12-8-23)25-22(26-21)18-4-3-5-19-17(18)6-9-24-19/h3-6,9,14,16,24H,7-8,10-13,15H2,1-2H3/t16-/m1/s1. The van der Waals surface area contributed by atoms with Crippen molar-refractivity contribution in [3.8, 4) is 11.4 Å². The van der Waals surface area contributed by atoms with E-state index in [9.17, 15) is 8.42 Å². The number of nitrogens with zero attached hydrogens (tertiary/aromatic N) is 3. The maximum Gasteiger partial charge on any atom is 0.162 e. The Morgan fingerprint density at radius 3 is 2.69 bits per heavy atom. The third kappa shape index (κ3) is 3.58. The molecule has 2 aliphatic heterocycles. The quantitative estimate of drug-likeness (QED) is 0.645. The summed E-state index contributed by atoms with van der Waals surface area (Å²) in [6.07, 6.45) is 3.97. The van der Waals surface area contributed by atoms with Gasteiger partial charge in [-0.25, -0.2) is 18.4 Å². The molecule has 9 heteroatoms. The van der Waals surface area contributed by atoms with Crippen LogP contribution in [0.5, 0.6) is 0 Å². The van der Waals surface area contributed by atoms with Crippen LogP contribution in [0.4, 0.5) is 5.82 Å². The first-order chi connectivity index (χ1) is 15.4. The van der Waals surface area contributed by atoms with Crippen molar-refractivity contribution in [2.45, 2.75) is 30.6 Å². The Balaban J connectivity index is 1.74. The number of sulfone groups is 1. The zero-order valence-corrected chi connectivity index (χ0v) is 19.2. The van der Waals surface area contributed by atoms with E-state index >= 15 is 0 Å². The lowest BCUT2D eigenvalue weighted by atomic mass is 9.94. The summed E-state index contributed by atoms with van der Waals surface area (Å²) in [7, 11) is -3.45. The number of ether oxygens (including phenoxy) is 2. The number of H-pyrrole nitrogens is 1. The fourth-order valence-electron chi connectivity index (χ4n) is 4.80. The highest BCUT2D eigenvalue weighted by Gasteiger charge is 2.46. The monoisotopic (exact) mass is 456 g/mol. The van der Waals surface area contributed by atoms with E-state index in [4.69, 9.17) is 19.4 Å². The van der Waals surface area contributed by atoms with Crippen LogP contribution in [0.25, 0.3) is 22.3 Å². The van der Waals surface area contributed by atoms with Crippen LogP contribution < -0.4 is 4.90 Å². The molecule has 0 aliphatic carbocycles. The SMILES string of the molecule is C[C@@H]1COCCN1c1cc(C2(S(C)(=O)=O)CCOCC2)nc(-c2cccc3[nH]ccc23)n1. The fraction of sp³-hybridized carbons (Fsp3) is 0.478. The molecule has 1 atom stereocenters. The molecular formula is C23H28N4O4S. The van der Waals surface area contributed by atoms with Crippen LogP contribution in [0.15, 0.2) is 36.5 Å². The Bertz CT molecular complexity index is 1230. The van der Waals surface area contributed by atoms with Gasteiger partial charge in [0.05, 0.1) is 24.9 Å². The van der Waals surface area contributed by atoms with Crippen molar-refractivity contribution in [1.29, 1.82) is 0 Å². The second-order valence-corrected chi connectivity index (χ2v) is 11.0. The van der Waals surface area contributed by atoms with Crippen LogP contribution in [-0.2, 0) is 24.1 Å². The number of anilines is 1. The Morgan fingerprint density at radius 2 is 1.94 bits per heavy atom. The van der Waals surface area contributed by atoms with Crippen LogP contribution in [0.1, 0.15) is 25.5 Å². The molecule has 0 saturated carbocycles. The van der Waals surface area contributed by atoms with E-state index in [1.165, 1.54) is 6.26 Å². The second-order valence-electron chi connectivity index (χ2n) is 8.68. The summed E-state index contributed by atoms with van der Waals surface area (Å²) in [6, 6.07) is 9.95. The van der Waals surface area contributed by atoms with Gasteiger partial charge in [0.25, 0.3) is 0 Å². The first-order valence-electron chi connectivity index (χ1n) is 11.0. The van der Waals surface area contributed by atoms with Gasteiger partial charge in [-0.1, -0.05) is 12.1 Å². The van der Waals surface area contributed by atoms with E-state index in [0.717, 1.165) is 22.3 Å². The van der Waals surface area contributed by atoms with Crippen molar-refractivity contribution in [3.05, 3.63) is 42.2 Å². The van der Waals surface area contributed by atoms with E-state index < -0.39 is 14.6 Å². The first kappa shape index (κ1) is 21.4. The van der Waals surface area contributed by atoms with Crippen LogP contribution >= 0.6 is 0 Å². The van der Waals surface area contributed by atoms with Gasteiger partial charge in [0.1, 0.15) is 10.6 Å². The molecule has 8 nitrogen and oxygen atoms in total. The molecule has 5 rings (SSSR count). The first-order valence-corrected chi connectivity index (χ1v) is 12.9. The summed E-state index contributed by atoms with van der Waals surface area (Å²) >= 11 is 0. The van der Waals surface area contributed by atoms with Gasteiger partial charge in [-0.05, 0) is 31.9 Å². The van der Waals surface area contributed by atoms with Gasteiger partial charge in [-0.3, -0.25) is 0 Å². The zero-order valence-electron chi connectivity index (χ0n) is 18.4. The number of benzene rings is 1. The highest BCUT2D eigenvalue weighted by Crippen LogP contribution is 2.41. The van der Waals surface area contributed by atoms with Gasteiger partial charge >= 0.3 is 0 Å². The molecule has 1 N–H and O–H groups in total. The molecule has 0 unspecified atom stereocenters. The molecule has 170 valence electrons. The lowest BCUT2D eigenvalue weighted by Gasteiger charge is -2.37. The third-order valence-electron chi connectivity index (χ3n) is 6.69. The van der Waals surface area contributed by atoms with Crippen LogP contribution in [0.3, 0.4) is 0 Å². The number of nitrogens with one attached hydrogen (secondary N) is 1. The Hall–Kier alpha value is -2.49. The molecule has 0 spiro atoms. The molecule has 4 heterocycles. The lowest BCUT2D eigenvalue weighted by molar-refractivity contribution is 0.0731. The number of aromatic nitrogens is 3. The van der Waals surface area contributed by atoms with Gasteiger partial charge in [0.15, 0.2) is 15.7 Å². The Morgan fingerprint density at radius 1 is 1.12 bits per heavy atom. The van der Waals surface area contributed by atoms with Gasteiger partial charge < -0.3 is 19.4 Å². The number of fused-ring (bicyclic) bond motifs is 1. The van der Waals surface area contributed by atoms with E-state index in [0.29, 0.717) is 57.3 Å². The van der Waals surface area contributed by atoms with Crippen LogP contribution in [0, 0.1) is 0 Å². The number of hydrogen-bond donors (Lipinski definition) is 1. The van der Waals surface area contributed by atoms with Crippen molar-refractivity contribution in [1.82, 2.24) is 15.0 Å². The van der Waals surface area contributed by atoms with E-state index in [-0.39, 0.29) is 6.04 Å². The van der Waals surface area contributed by atoms with Gasteiger partial charge in [-0.15, -0.1) is 0 Å². The fourth-order valence-corrected chi connectivity index (χ4v) is 6.19. The summed E-state index contributed by atoms with van der Waals surface area (Å²) in [4.78, 5) is 15.2. The van der Waals surface area contributed by atoms with Crippen molar-refractivity contribution < 1.29 is 17.9 Å². The summed E-state index contributed by atoms with van der Waals surface area (Å²) in [6.45, 7) is 4.78. The van der Waals surface area contributed by atoms with Gasteiger partial charge in [-0.2, -0.15) is 0 Å². The average Bonchev–Trinajstić information content (AvgIpc) is 3.28. The molecule has 2 saturated heterocycles. The largest absolute Gasteiger partial charge is 0.381 e. The maximum atomic E-state index is 13.1. The number of morpholine rings is 1. The molecule has 1 aromatic carbocycles. The normalized spacial score (nSPS) is 21.7. The summed E-state index contributed by atoms with van der Waals surface area (Å²) < 4.78 is 36.3. The van der Waals surface area contributed by atoms with Crippen molar-refractivity contribution in [3.63, 3.8) is 0 Å². The van der Waals surface area contributed by atoms with Crippen molar-refractivity contribution >= 4 is 26.6 Å². The lowest BCUT2D eigenvalue weighted by Crippen LogP contribution is -2.45. The maximum absolute atomic E-state index is 13.1. The highest BCUT2D eigenvalue weighted by atomic mass is 32.2. The molecule has 2 fully saturated rings. The molecule has 0 amide bonds. The zero-order chi connectivity index (χ0) is 22.3. The summed E-state index contributed by atoms with van der Waals surface area (Å²) in [5.41, 5.74) is 2.42. The van der Waals surface area contributed by atoms with Gasteiger partial charge in [0.2, 0.25) is 0 Å². The summed E-state index contributed by atoms with van der Waals surface area (Å²) in [5, 5.41) is 1.01. The molecule has 2 aliphatic rings. The van der Waals surface area contributed by atoms with Crippen molar-refractivity contribution in [2.75, 3.05) is 44.1 Å². The number of aromatic amines is 1. The minimum absolute atomic E-state index is 0.131. The minimum atomic E-state index is -3.45. The number of hydrogen-bond acceptors (Lipinski definition) is 7. The van der Waals surface area contributed by atoms with Gasteiger partial charge in [0, 0.05) is 54.7 Å². The molecule has 3 aromatic rings. The average molecular weight is 457 g/mol. The summed E-state index contributed by atoms with van der Waals surface area (Å²) in [5.74, 6) is 1.28. The van der Waals surface area contributed by atoms with E-state index in [1.54, 1.807) is 0 Å². The Labute approximate surface area is 187 Å². The smallest absolute Gasteiger partial charge is 0.162 e. The number of rotatable bonds is 4. The molecule has 0 radical (unpaired) electrons. The predicted octanol–water partition coefficient (Wildman–Crippen LogP) is 2.90. The van der Waals surface area contributed by atoms with Crippen LogP contribution in [0.2, 0.25) is 0 Å². The molecule has 0 bridgehead atoms. The van der Waals surface area contributed by atoms with Crippen molar-refractivity contribution in [2.24, 2.45) is 0 Å². The highest BCUT2D eigenvalue weighted by molar-refractivity contribution is 7.91.